The van der Waals surface area contributed by atoms with Crippen molar-refractivity contribution in [3.05, 3.63) is 36.0 Å². The molecule has 1 aliphatic heterocycles. The zero-order valence-corrected chi connectivity index (χ0v) is 11.4. The Morgan fingerprint density at radius 3 is 3.14 bits per heavy atom. The number of halogens is 1. The Hall–Kier alpha value is -1.83. The van der Waals surface area contributed by atoms with E-state index in [0.29, 0.717) is 44.3 Å². The zero-order chi connectivity index (χ0) is 14.7. The van der Waals surface area contributed by atoms with Gasteiger partial charge in [0.1, 0.15) is 5.82 Å². The van der Waals surface area contributed by atoms with Crippen molar-refractivity contribution in [1.82, 2.24) is 15.1 Å². The van der Waals surface area contributed by atoms with E-state index < -0.39 is 6.10 Å². The highest BCUT2D eigenvalue weighted by Crippen LogP contribution is 2.19. The van der Waals surface area contributed by atoms with Crippen molar-refractivity contribution in [3.8, 4) is 11.5 Å². The van der Waals surface area contributed by atoms with Crippen LogP contribution in [0.4, 0.5) is 4.39 Å². The first-order valence-corrected chi connectivity index (χ1v) is 6.77. The number of aliphatic hydroxyl groups excluding tert-OH is 1. The first-order chi connectivity index (χ1) is 10.2. The third kappa shape index (κ3) is 3.63. The molecular formula is C14H16FN3O3. The summed E-state index contributed by atoms with van der Waals surface area (Å²) in [4.78, 5) is 1.99. The molecule has 0 radical (unpaired) electrons. The topological polar surface area (TPSA) is 71.6 Å². The molecule has 1 unspecified atom stereocenters. The number of ether oxygens (including phenoxy) is 1. The van der Waals surface area contributed by atoms with E-state index in [0.717, 1.165) is 0 Å². The van der Waals surface area contributed by atoms with E-state index in [4.69, 9.17) is 9.15 Å². The van der Waals surface area contributed by atoms with Gasteiger partial charge in [-0.3, -0.25) is 4.90 Å². The van der Waals surface area contributed by atoms with Crippen molar-refractivity contribution < 1.29 is 18.7 Å². The molecule has 0 bridgehead atoms. The maximum Gasteiger partial charge on any atom is 0.247 e. The van der Waals surface area contributed by atoms with Crippen LogP contribution in [-0.4, -0.2) is 52.6 Å². The third-order valence-corrected chi connectivity index (χ3v) is 3.23. The lowest BCUT2D eigenvalue weighted by Crippen LogP contribution is -2.32. The quantitative estimate of drug-likeness (QED) is 0.912. The number of rotatable bonds is 3. The summed E-state index contributed by atoms with van der Waals surface area (Å²) in [6.45, 7) is 2.52. The number of hydrogen-bond donors (Lipinski definition) is 1. The Kier molecular flexibility index (Phi) is 4.23. The number of aliphatic hydroxyl groups is 1. The molecule has 1 saturated heterocycles. The Morgan fingerprint density at radius 2 is 2.29 bits per heavy atom. The van der Waals surface area contributed by atoms with E-state index in [1.54, 1.807) is 12.1 Å². The number of β-amino-alcohol motifs (C(OH)–C–C–N with tert-alkyl or cyclic N) is 1. The second-order valence-corrected chi connectivity index (χ2v) is 4.98. The molecule has 0 amide bonds. The summed E-state index contributed by atoms with van der Waals surface area (Å²) in [5, 5.41) is 17.6. The molecule has 1 N–H and O–H groups in total. The van der Waals surface area contributed by atoms with Crippen LogP contribution in [0.3, 0.4) is 0 Å². The summed E-state index contributed by atoms with van der Waals surface area (Å²) >= 11 is 0. The van der Waals surface area contributed by atoms with Gasteiger partial charge in [0.25, 0.3) is 0 Å². The summed E-state index contributed by atoms with van der Waals surface area (Å²) < 4.78 is 24.0. The van der Waals surface area contributed by atoms with E-state index in [1.807, 2.05) is 4.90 Å². The highest BCUT2D eigenvalue weighted by atomic mass is 19.1. The van der Waals surface area contributed by atoms with E-state index >= 15 is 0 Å². The number of aromatic nitrogens is 2. The van der Waals surface area contributed by atoms with Crippen molar-refractivity contribution in [2.75, 3.05) is 26.3 Å². The van der Waals surface area contributed by atoms with E-state index in [2.05, 4.69) is 10.2 Å². The minimum absolute atomic E-state index is 0.288. The summed E-state index contributed by atoms with van der Waals surface area (Å²) in [6.07, 6.45) is -0.516. The van der Waals surface area contributed by atoms with Gasteiger partial charge in [0.15, 0.2) is 0 Å². The first kappa shape index (κ1) is 14.1. The predicted octanol–water partition coefficient (Wildman–Crippen LogP) is 1.07. The van der Waals surface area contributed by atoms with Gasteiger partial charge in [0.05, 0.1) is 25.9 Å². The molecule has 112 valence electrons. The standard InChI is InChI=1S/C14H16FN3O3/c15-11-3-1-2-10(6-11)14-17-16-13(21-14)8-18-4-5-20-9-12(19)7-18/h1-3,6,12,19H,4-5,7-9H2. The molecule has 2 aromatic rings. The van der Waals surface area contributed by atoms with Gasteiger partial charge in [0, 0.05) is 18.7 Å². The Labute approximate surface area is 121 Å². The van der Waals surface area contributed by atoms with Crippen LogP contribution in [0.2, 0.25) is 0 Å². The van der Waals surface area contributed by atoms with E-state index in [1.165, 1.54) is 12.1 Å². The minimum Gasteiger partial charge on any atom is -0.419 e. The maximum atomic E-state index is 13.2. The zero-order valence-electron chi connectivity index (χ0n) is 11.4. The monoisotopic (exact) mass is 293 g/mol. The second kappa shape index (κ2) is 6.30. The second-order valence-electron chi connectivity index (χ2n) is 4.98. The Bertz CT molecular complexity index is 605. The van der Waals surface area contributed by atoms with Gasteiger partial charge >= 0.3 is 0 Å². The van der Waals surface area contributed by atoms with Crippen LogP contribution in [0.5, 0.6) is 0 Å². The molecule has 0 spiro atoms. The molecule has 2 heterocycles. The van der Waals surface area contributed by atoms with Crippen LogP contribution in [0.1, 0.15) is 5.89 Å². The van der Waals surface area contributed by atoms with Gasteiger partial charge in [-0.1, -0.05) is 6.07 Å². The van der Waals surface area contributed by atoms with Crippen LogP contribution in [0.15, 0.2) is 28.7 Å². The van der Waals surface area contributed by atoms with Crippen LogP contribution in [0.25, 0.3) is 11.5 Å². The van der Waals surface area contributed by atoms with Crippen molar-refractivity contribution in [3.63, 3.8) is 0 Å². The highest BCUT2D eigenvalue weighted by Gasteiger charge is 2.19. The number of hydrogen-bond acceptors (Lipinski definition) is 6. The van der Waals surface area contributed by atoms with E-state index in [9.17, 15) is 9.50 Å². The fourth-order valence-corrected chi connectivity index (χ4v) is 2.25. The number of nitrogens with zero attached hydrogens (tertiary/aromatic N) is 3. The van der Waals surface area contributed by atoms with Gasteiger partial charge in [-0.15, -0.1) is 10.2 Å². The molecule has 1 aromatic heterocycles. The Balaban J connectivity index is 1.70. The molecule has 3 rings (SSSR count). The SMILES string of the molecule is OC1COCCN(Cc2nnc(-c3cccc(F)c3)o2)C1. The first-order valence-electron chi connectivity index (χ1n) is 6.77. The molecule has 6 nitrogen and oxygen atoms in total. The van der Waals surface area contributed by atoms with Gasteiger partial charge in [0.2, 0.25) is 11.8 Å². The van der Waals surface area contributed by atoms with Crippen LogP contribution >= 0.6 is 0 Å². The average Bonchev–Trinajstić information content (AvgIpc) is 2.82. The van der Waals surface area contributed by atoms with Crippen LogP contribution < -0.4 is 0 Å². The van der Waals surface area contributed by atoms with Gasteiger partial charge < -0.3 is 14.3 Å². The van der Waals surface area contributed by atoms with Gasteiger partial charge in [-0.05, 0) is 18.2 Å². The molecule has 1 fully saturated rings. The van der Waals surface area contributed by atoms with Crippen LogP contribution in [0, 0.1) is 5.82 Å². The lowest BCUT2D eigenvalue weighted by molar-refractivity contribution is 0.0559. The third-order valence-electron chi connectivity index (χ3n) is 3.23. The highest BCUT2D eigenvalue weighted by molar-refractivity contribution is 5.52. The number of benzene rings is 1. The fraction of sp³-hybridized carbons (Fsp3) is 0.429. The molecule has 21 heavy (non-hydrogen) atoms. The molecule has 0 saturated carbocycles. The van der Waals surface area contributed by atoms with Crippen molar-refractivity contribution in [1.29, 1.82) is 0 Å². The van der Waals surface area contributed by atoms with Crippen molar-refractivity contribution in [2.45, 2.75) is 12.6 Å². The predicted molar refractivity (Wildman–Crippen MR) is 71.8 cm³/mol. The van der Waals surface area contributed by atoms with Gasteiger partial charge in [-0.2, -0.15) is 0 Å². The van der Waals surface area contributed by atoms with Gasteiger partial charge in [-0.25, -0.2) is 4.39 Å². The molecule has 7 heteroatoms. The van der Waals surface area contributed by atoms with Crippen LogP contribution in [-0.2, 0) is 11.3 Å². The summed E-state index contributed by atoms with van der Waals surface area (Å²) in [7, 11) is 0. The minimum atomic E-state index is -0.516. The smallest absolute Gasteiger partial charge is 0.247 e. The molecule has 1 aromatic carbocycles. The van der Waals surface area contributed by atoms with Crippen molar-refractivity contribution >= 4 is 0 Å². The normalized spacial score (nSPS) is 20.4. The maximum absolute atomic E-state index is 13.2. The molecular weight excluding hydrogens is 277 g/mol. The van der Waals surface area contributed by atoms with E-state index in [-0.39, 0.29) is 11.7 Å². The van der Waals surface area contributed by atoms with Crippen molar-refractivity contribution in [2.24, 2.45) is 0 Å². The summed E-state index contributed by atoms with van der Waals surface area (Å²) in [6, 6.07) is 6.02. The lowest BCUT2D eigenvalue weighted by atomic mass is 10.2. The largest absolute Gasteiger partial charge is 0.419 e. The Morgan fingerprint density at radius 1 is 1.38 bits per heavy atom. The molecule has 0 aliphatic carbocycles. The molecule has 1 atom stereocenters. The molecule has 1 aliphatic rings. The summed E-state index contributed by atoms with van der Waals surface area (Å²) in [5.74, 6) is 0.375. The fourth-order valence-electron chi connectivity index (χ4n) is 2.25. The lowest BCUT2D eigenvalue weighted by Gasteiger charge is -2.18. The summed E-state index contributed by atoms with van der Waals surface area (Å²) in [5.41, 5.74) is 0.549. The average molecular weight is 293 g/mol.